The van der Waals surface area contributed by atoms with Crippen LogP contribution in [0.5, 0.6) is 5.75 Å². The summed E-state index contributed by atoms with van der Waals surface area (Å²) in [4.78, 5) is 16.4. The highest BCUT2D eigenvalue weighted by atomic mass is 79.9. The van der Waals surface area contributed by atoms with Crippen molar-refractivity contribution in [2.75, 3.05) is 6.61 Å². The van der Waals surface area contributed by atoms with Gasteiger partial charge < -0.3 is 10.1 Å². The number of aryl methyl sites for hydroxylation is 1. The van der Waals surface area contributed by atoms with Crippen LogP contribution in [0.3, 0.4) is 0 Å². The van der Waals surface area contributed by atoms with Crippen molar-refractivity contribution in [1.82, 2.24) is 10.3 Å². The van der Waals surface area contributed by atoms with Crippen LogP contribution in [0, 0.1) is 0 Å². The number of hydrogen-bond donors (Lipinski definition) is 1. The topological polar surface area (TPSA) is 51.2 Å². The molecule has 1 aliphatic rings. The molecule has 1 N–H and O–H groups in total. The number of hydrogen-bond acceptors (Lipinski definition) is 3. The molecule has 0 bridgehead atoms. The van der Waals surface area contributed by atoms with Crippen molar-refractivity contribution < 1.29 is 9.53 Å². The lowest BCUT2D eigenvalue weighted by molar-refractivity contribution is 0.0915. The highest BCUT2D eigenvalue weighted by molar-refractivity contribution is 9.10. The Kier molecular flexibility index (Phi) is 4.20. The van der Waals surface area contributed by atoms with E-state index >= 15 is 0 Å². The molecule has 1 unspecified atom stereocenters. The predicted octanol–water partition coefficient (Wildman–Crippen LogP) is 2.97. The van der Waals surface area contributed by atoms with Gasteiger partial charge in [0, 0.05) is 10.7 Å². The first-order valence-electron chi connectivity index (χ1n) is 6.86. The molecule has 3 rings (SSSR count). The molecular weight excluding hydrogens is 332 g/mol. The number of nitrogens with one attached hydrogen (secondary N) is 1. The number of fused-ring (bicyclic) bond motifs is 1. The fourth-order valence-corrected chi connectivity index (χ4v) is 2.81. The summed E-state index contributed by atoms with van der Waals surface area (Å²) in [6.45, 7) is 0.479. The van der Waals surface area contributed by atoms with Crippen LogP contribution in [-0.2, 0) is 6.42 Å². The number of halogens is 1. The Labute approximate surface area is 131 Å². The van der Waals surface area contributed by atoms with E-state index in [0.29, 0.717) is 16.8 Å². The maximum atomic E-state index is 12.3. The molecule has 0 aliphatic carbocycles. The second-order valence-corrected chi connectivity index (χ2v) is 5.82. The van der Waals surface area contributed by atoms with Crippen LogP contribution in [0.15, 0.2) is 47.1 Å². The molecule has 4 nitrogen and oxygen atoms in total. The number of carbonyl (C=O) groups excluding carboxylic acids is 1. The molecule has 0 fully saturated rings. The zero-order valence-corrected chi connectivity index (χ0v) is 13.0. The number of benzene rings is 1. The monoisotopic (exact) mass is 346 g/mol. The number of aromatic nitrogens is 1. The van der Waals surface area contributed by atoms with Gasteiger partial charge in [-0.2, -0.15) is 0 Å². The largest absolute Gasteiger partial charge is 0.491 e. The van der Waals surface area contributed by atoms with Gasteiger partial charge in [-0.1, -0.05) is 18.2 Å². The Morgan fingerprint density at radius 3 is 3.00 bits per heavy atom. The standard InChI is InChI=1S/C16H15BrN2O2/c17-13-5-3-9-18-15(13)16(20)19-12-8-7-11-4-1-2-6-14(11)21-10-12/h1-6,9,12H,7-8,10H2,(H,19,20). The van der Waals surface area contributed by atoms with Gasteiger partial charge in [0.25, 0.3) is 5.91 Å². The van der Waals surface area contributed by atoms with Crippen molar-refractivity contribution in [3.63, 3.8) is 0 Å². The first-order chi connectivity index (χ1) is 10.2. The van der Waals surface area contributed by atoms with Crippen molar-refractivity contribution >= 4 is 21.8 Å². The molecule has 1 atom stereocenters. The third kappa shape index (κ3) is 3.24. The van der Waals surface area contributed by atoms with Gasteiger partial charge in [0.05, 0.1) is 6.04 Å². The van der Waals surface area contributed by atoms with Crippen molar-refractivity contribution in [2.24, 2.45) is 0 Å². The average Bonchev–Trinajstić information content (AvgIpc) is 2.70. The molecule has 1 aliphatic heterocycles. The molecule has 2 aromatic rings. The number of ether oxygens (including phenoxy) is 1. The van der Waals surface area contributed by atoms with Gasteiger partial charge in [-0.25, -0.2) is 4.98 Å². The molecule has 0 radical (unpaired) electrons. The Hall–Kier alpha value is -1.88. The lowest BCUT2D eigenvalue weighted by Gasteiger charge is -2.16. The van der Waals surface area contributed by atoms with Crippen LogP contribution in [0.1, 0.15) is 22.5 Å². The Bertz CT molecular complexity index is 633. The first kappa shape index (κ1) is 14.1. The summed E-state index contributed by atoms with van der Waals surface area (Å²) in [6.07, 6.45) is 3.36. The van der Waals surface area contributed by atoms with E-state index < -0.39 is 0 Å². The molecule has 2 heterocycles. The van der Waals surface area contributed by atoms with E-state index in [0.717, 1.165) is 18.6 Å². The predicted molar refractivity (Wildman–Crippen MR) is 83.4 cm³/mol. The smallest absolute Gasteiger partial charge is 0.271 e. The minimum atomic E-state index is -0.179. The molecular formula is C16H15BrN2O2. The minimum Gasteiger partial charge on any atom is -0.491 e. The summed E-state index contributed by atoms with van der Waals surface area (Å²) in [6, 6.07) is 11.6. The average molecular weight is 347 g/mol. The van der Waals surface area contributed by atoms with Crippen LogP contribution in [-0.4, -0.2) is 23.5 Å². The van der Waals surface area contributed by atoms with Crippen LogP contribution in [0.2, 0.25) is 0 Å². The lowest BCUT2D eigenvalue weighted by atomic mass is 10.1. The Balaban J connectivity index is 1.67. The molecule has 0 spiro atoms. The third-order valence-corrected chi connectivity index (χ3v) is 4.12. The minimum absolute atomic E-state index is 0.0150. The molecule has 0 saturated carbocycles. The van der Waals surface area contributed by atoms with Gasteiger partial charge in [0.2, 0.25) is 0 Å². The Morgan fingerprint density at radius 1 is 1.29 bits per heavy atom. The molecule has 1 aromatic heterocycles. The zero-order chi connectivity index (χ0) is 14.7. The van der Waals surface area contributed by atoms with Gasteiger partial charge in [-0.15, -0.1) is 0 Å². The van der Waals surface area contributed by atoms with E-state index in [1.165, 1.54) is 5.56 Å². The van der Waals surface area contributed by atoms with E-state index in [1.54, 1.807) is 18.3 Å². The Morgan fingerprint density at radius 2 is 2.14 bits per heavy atom. The maximum absolute atomic E-state index is 12.3. The molecule has 0 saturated heterocycles. The number of pyridine rings is 1. The molecule has 5 heteroatoms. The van der Waals surface area contributed by atoms with Gasteiger partial charge >= 0.3 is 0 Å². The van der Waals surface area contributed by atoms with Crippen LogP contribution in [0.4, 0.5) is 0 Å². The molecule has 1 amide bonds. The van der Waals surface area contributed by atoms with Crippen LogP contribution >= 0.6 is 15.9 Å². The summed E-state index contributed by atoms with van der Waals surface area (Å²) in [5.74, 6) is 0.732. The summed E-state index contributed by atoms with van der Waals surface area (Å²) in [5, 5.41) is 2.99. The quantitative estimate of drug-likeness (QED) is 0.909. The molecule has 108 valence electrons. The van der Waals surface area contributed by atoms with Gasteiger partial charge in [-0.3, -0.25) is 4.79 Å². The van der Waals surface area contributed by atoms with E-state index in [-0.39, 0.29) is 11.9 Å². The van der Waals surface area contributed by atoms with Gasteiger partial charge in [0.1, 0.15) is 18.1 Å². The maximum Gasteiger partial charge on any atom is 0.271 e. The number of carbonyl (C=O) groups is 1. The van der Waals surface area contributed by atoms with Crippen molar-refractivity contribution in [1.29, 1.82) is 0 Å². The second-order valence-electron chi connectivity index (χ2n) is 4.96. The van der Waals surface area contributed by atoms with Crippen molar-refractivity contribution in [3.8, 4) is 5.75 Å². The van der Waals surface area contributed by atoms with Crippen LogP contribution < -0.4 is 10.1 Å². The number of para-hydroxylation sites is 1. The van der Waals surface area contributed by atoms with Crippen molar-refractivity contribution in [2.45, 2.75) is 18.9 Å². The summed E-state index contributed by atoms with van der Waals surface area (Å²) in [7, 11) is 0. The van der Waals surface area contributed by atoms with Crippen LogP contribution in [0.25, 0.3) is 0 Å². The third-order valence-electron chi connectivity index (χ3n) is 3.48. The lowest BCUT2D eigenvalue weighted by Crippen LogP contribution is -2.39. The van der Waals surface area contributed by atoms with E-state index in [9.17, 15) is 4.79 Å². The van der Waals surface area contributed by atoms with E-state index in [2.05, 4.69) is 32.3 Å². The highest BCUT2D eigenvalue weighted by Crippen LogP contribution is 2.23. The van der Waals surface area contributed by atoms with Crippen molar-refractivity contribution in [3.05, 3.63) is 58.3 Å². The summed E-state index contributed by atoms with van der Waals surface area (Å²) >= 11 is 3.35. The normalized spacial score (nSPS) is 17.3. The number of rotatable bonds is 2. The zero-order valence-electron chi connectivity index (χ0n) is 11.4. The molecule has 1 aromatic carbocycles. The fraction of sp³-hybridized carbons (Fsp3) is 0.250. The van der Waals surface area contributed by atoms with E-state index in [4.69, 9.17) is 4.74 Å². The summed E-state index contributed by atoms with van der Waals surface area (Å²) in [5.41, 5.74) is 1.59. The summed E-state index contributed by atoms with van der Waals surface area (Å²) < 4.78 is 6.48. The second kappa shape index (κ2) is 6.26. The van der Waals surface area contributed by atoms with E-state index in [1.807, 2.05) is 18.2 Å². The fourth-order valence-electron chi connectivity index (χ4n) is 2.37. The first-order valence-corrected chi connectivity index (χ1v) is 7.65. The number of amides is 1. The number of nitrogens with zero attached hydrogens (tertiary/aromatic N) is 1. The molecule has 21 heavy (non-hydrogen) atoms. The highest BCUT2D eigenvalue weighted by Gasteiger charge is 2.20. The SMILES string of the molecule is O=C(NC1CCc2ccccc2OC1)c1ncccc1Br. The van der Waals surface area contributed by atoms with Gasteiger partial charge in [0.15, 0.2) is 0 Å². The van der Waals surface area contributed by atoms with Gasteiger partial charge in [-0.05, 0) is 52.5 Å².